The molecule has 1 aromatic carbocycles. The van der Waals surface area contributed by atoms with Crippen LogP contribution in [-0.4, -0.2) is 24.7 Å². The third kappa shape index (κ3) is 4.27. The largest absolute Gasteiger partial charge is 0.486 e. The van der Waals surface area contributed by atoms with Gasteiger partial charge in [-0.15, -0.1) is 12.4 Å². The molecule has 3 N–H and O–H groups in total. The van der Waals surface area contributed by atoms with Gasteiger partial charge in [0.25, 0.3) is 0 Å². The van der Waals surface area contributed by atoms with E-state index in [1.54, 1.807) is 6.92 Å². The summed E-state index contributed by atoms with van der Waals surface area (Å²) in [5.74, 6) is 1.34. The SMILES string of the molecule is CCCC(C)(N)C(=O)NC(C)c1ccc2c(c1)OCCO2.Cl. The van der Waals surface area contributed by atoms with Gasteiger partial charge in [0.2, 0.25) is 5.91 Å². The van der Waals surface area contributed by atoms with Gasteiger partial charge < -0.3 is 20.5 Å². The van der Waals surface area contributed by atoms with Gasteiger partial charge in [0.05, 0.1) is 11.6 Å². The summed E-state index contributed by atoms with van der Waals surface area (Å²) in [5, 5.41) is 2.97. The van der Waals surface area contributed by atoms with Crippen molar-refractivity contribution in [2.45, 2.75) is 45.2 Å². The van der Waals surface area contributed by atoms with E-state index < -0.39 is 5.54 Å². The molecule has 0 bridgehead atoms. The van der Waals surface area contributed by atoms with E-state index in [-0.39, 0.29) is 24.4 Å². The van der Waals surface area contributed by atoms with Crippen LogP contribution >= 0.6 is 12.4 Å². The first-order valence-corrected chi connectivity index (χ1v) is 7.43. The number of carbonyl (C=O) groups is 1. The first kappa shape index (κ1) is 18.6. The molecule has 1 amide bonds. The Morgan fingerprint density at radius 1 is 1.36 bits per heavy atom. The van der Waals surface area contributed by atoms with E-state index in [4.69, 9.17) is 15.2 Å². The molecule has 2 atom stereocenters. The number of amides is 1. The molecule has 1 aliphatic heterocycles. The van der Waals surface area contributed by atoms with Crippen LogP contribution in [0.15, 0.2) is 18.2 Å². The number of hydrogen-bond donors (Lipinski definition) is 2. The summed E-state index contributed by atoms with van der Waals surface area (Å²) < 4.78 is 11.1. The number of nitrogens with one attached hydrogen (secondary N) is 1. The Labute approximate surface area is 138 Å². The molecule has 0 aromatic heterocycles. The maximum Gasteiger partial charge on any atom is 0.240 e. The van der Waals surface area contributed by atoms with Crippen molar-refractivity contribution >= 4 is 18.3 Å². The molecule has 1 heterocycles. The van der Waals surface area contributed by atoms with Gasteiger partial charge in [0.1, 0.15) is 13.2 Å². The summed E-state index contributed by atoms with van der Waals surface area (Å²) in [6.45, 7) is 6.84. The van der Waals surface area contributed by atoms with Gasteiger partial charge in [-0.3, -0.25) is 4.79 Å². The van der Waals surface area contributed by atoms with Crippen molar-refractivity contribution in [2.24, 2.45) is 5.73 Å². The standard InChI is InChI=1S/C16H24N2O3.ClH/c1-4-7-16(3,17)15(19)18-11(2)12-5-6-13-14(10-12)21-9-8-20-13;/h5-6,10-11H,4,7-9,17H2,1-3H3,(H,18,19);1H. The second-order valence-corrected chi connectivity index (χ2v) is 5.77. The van der Waals surface area contributed by atoms with Crippen LogP contribution in [0.2, 0.25) is 0 Å². The van der Waals surface area contributed by atoms with E-state index in [0.29, 0.717) is 19.6 Å². The smallest absolute Gasteiger partial charge is 0.240 e. The Morgan fingerprint density at radius 2 is 2.00 bits per heavy atom. The molecule has 0 radical (unpaired) electrons. The molecule has 0 saturated carbocycles. The first-order valence-electron chi connectivity index (χ1n) is 7.43. The lowest BCUT2D eigenvalue weighted by Gasteiger charge is -2.26. The lowest BCUT2D eigenvalue weighted by atomic mass is 9.95. The van der Waals surface area contributed by atoms with Crippen LogP contribution in [0, 0.1) is 0 Å². The molecule has 0 aliphatic carbocycles. The van der Waals surface area contributed by atoms with Crippen LogP contribution in [0.1, 0.15) is 45.2 Å². The third-order valence-corrected chi connectivity index (χ3v) is 3.70. The minimum Gasteiger partial charge on any atom is -0.486 e. The summed E-state index contributed by atoms with van der Waals surface area (Å²) >= 11 is 0. The van der Waals surface area contributed by atoms with Crippen molar-refractivity contribution in [3.05, 3.63) is 23.8 Å². The van der Waals surface area contributed by atoms with Crippen molar-refractivity contribution < 1.29 is 14.3 Å². The maximum absolute atomic E-state index is 12.2. The first-order chi connectivity index (χ1) is 9.94. The lowest BCUT2D eigenvalue weighted by Crippen LogP contribution is -2.52. The quantitative estimate of drug-likeness (QED) is 0.871. The molecule has 5 nitrogen and oxygen atoms in total. The van der Waals surface area contributed by atoms with Gasteiger partial charge in [-0.2, -0.15) is 0 Å². The maximum atomic E-state index is 12.2. The molecule has 6 heteroatoms. The van der Waals surface area contributed by atoms with Gasteiger partial charge >= 0.3 is 0 Å². The Hall–Kier alpha value is -1.46. The lowest BCUT2D eigenvalue weighted by molar-refractivity contribution is -0.126. The van der Waals surface area contributed by atoms with Gasteiger partial charge in [-0.25, -0.2) is 0 Å². The second-order valence-electron chi connectivity index (χ2n) is 5.77. The van der Waals surface area contributed by atoms with Crippen molar-refractivity contribution in [2.75, 3.05) is 13.2 Å². The molecule has 1 aliphatic rings. The highest BCUT2D eigenvalue weighted by Gasteiger charge is 2.28. The van der Waals surface area contributed by atoms with Crippen LogP contribution in [0.25, 0.3) is 0 Å². The van der Waals surface area contributed by atoms with Crippen molar-refractivity contribution in [1.82, 2.24) is 5.32 Å². The highest BCUT2D eigenvalue weighted by atomic mass is 35.5. The molecule has 2 unspecified atom stereocenters. The number of hydrogen-bond acceptors (Lipinski definition) is 4. The molecule has 0 spiro atoms. The zero-order valence-corrected chi connectivity index (χ0v) is 14.2. The molecular weight excluding hydrogens is 304 g/mol. The molecule has 0 fully saturated rings. The molecular formula is C16H25ClN2O3. The predicted octanol–water partition coefficient (Wildman–Crippen LogP) is 2.57. The summed E-state index contributed by atoms with van der Waals surface area (Å²) in [7, 11) is 0. The van der Waals surface area contributed by atoms with E-state index in [9.17, 15) is 4.79 Å². The van der Waals surface area contributed by atoms with E-state index >= 15 is 0 Å². The fourth-order valence-corrected chi connectivity index (χ4v) is 2.41. The fraction of sp³-hybridized carbons (Fsp3) is 0.562. The molecule has 22 heavy (non-hydrogen) atoms. The highest BCUT2D eigenvalue weighted by molar-refractivity contribution is 5.86. The van der Waals surface area contributed by atoms with Crippen LogP contribution in [0.4, 0.5) is 0 Å². The zero-order valence-electron chi connectivity index (χ0n) is 13.3. The minimum absolute atomic E-state index is 0. The summed E-state index contributed by atoms with van der Waals surface area (Å²) in [4.78, 5) is 12.2. The number of carbonyl (C=O) groups excluding carboxylic acids is 1. The van der Waals surface area contributed by atoms with E-state index in [1.165, 1.54) is 0 Å². The van der Waals surface area contributed by atoms with Crippen LogP contribution in [0.3, 0.4) is 0 Å². The number of rotatable bonds is 5. The van der Waals surface area contributed by atoms with E-state index in [2.05, 4.69) is 5.32 Å². The predicted molar refractivity (Wildman–Crippen MR) is 88.7 cm³/mol. The Morgan fingerprint density at radius 3 is 2.64 bits per heavy atom. The van der Waals surface area contributed by atoms with Gasteiger partial charge in [0, 0.05) is 0 Å². The van der Waals surface area contributed by atoms with Crippen LogP contribution in [-0.2, 0) is 4.79 Å². The van der Waals surface area contributed by atoms with E-state index in [0.717, 1.165) is 23.5 Å². The van der Waals surface area contributed by atoms with Crippen molar-refractivity contribution in [1.29, 1.82) is 0 Å². The Kier molecular flexibility index (Phi) is 6.50. The monoisotopic (exact) mass is 328 g/mol. The van der Waals surface area contributed by atoms with Crippen LogP contribution in [0.5, 0.6) is 11.5 Å². The normalized spacial score (nSPS) is 16.9. The highest BCUT2D eigenvalue weighted by Crippen LogP contribution is 2.32. The summed E-state index contributed by atoms with van der Waals surface area (Å²) in [6.07, 6.45) is 1.53. The third-order valence-electron chi connectivity index (χ3n) is 3.70. The number of fused-ring (bicyclic) bond motifs is 1. The topological polar surface area (TPSA) is 73.6 Å². The van der Waals surface area contributed by atoms with Crippen LogP contribution < -0.4 is 20.5 Å². The average Bonchev–Trinajstić information content (AvgIpc) is 2.46. The van der Waals surface area contributed by atoms with Gasteiger partial charge in [-0.05, 0) is 38.0 Å². The number of nitrogens with two attached hydrogens (primary N) is 1. The summed E-state index contributed by atoms with van der Waals surface area (Å²) in [5.41, 5.74) is 6.19. The van der Waals surface area contributed by atoms with Crippen molar-refractivity contribution in [3.63, 3.8) is 0 Å². The average molecular weight is 329 g/mol. The summed E-state index contributed by atoms with van der Waals surface area (Å²) in [6, 6.07) is 5.59. The molecule has 1 aromatic rings. The van der Waals surface area contributed by atoms with Crippen molar-refractivity contribution in [3.8, 4) is 11.5 Å². The number of ether oxygens (including phenoxy) is 2. The Balaban J connectivity index is 0.00000242. The molecule has 2 rings (SSSR count). The molecule has 124 valence electrons. The molecule has 0 saturated heterocycles. The fourth-order valence-electron chi connectivity index (χ4n) is 2.41. The van der Waals surface area contributed by atoms with Gasteiger partial charge in [-0.1, -0.05) is 19.4 Å². The van der Waals surface area contributed by atoms with E-state index in [1.807, 2.05) is 32.0 Å². The number of benzene rings is 1. The second kappa shape index (κ2) is 7.70. The van der Waals surface area contributed by atoms with Gasteiger partial charge in [0.15, 0.2) is 11.5 Å². The number of halogens is 1. The minimum atomic E-state index is -0.836. The zero-order chi connectivity index (χ0) is 15.5. The Bertz CT molecular complexity index is 520.